The Morgan fingerprint density at radius 2 is 1.84 bits per heavy atom. The van der Waals surface area contributed by atoms with Crippen LogP contribution in [0, 0.1) is 0 Å². The molecule has 2 aromatic carbocycles. The summed E-state index contributed by atoms with van der Waals surface area (Å²) in [6.45, 7) is 0. The first-order chi connectivity index (χ1) is 9.24. The van der Waals surface area contributed by atoms with Crippen molar-refractivity contribution in [3.63, 3.8) is 0 Å². The van der Waals surface area contributed by atoms with Crippen LogP contribution in [-0.4, -0.2) is 4.98 Å². The van der Waals surface area contributed by atoms with Crippen LogP contribution in [0.5, 0.6) is 0 Å². The number of nitrogens with zero attached hydrogens (tertiary/aromatic N) is 1. The summed E-state index contributed by atoms with van der Waals surface area (Å²) in [4.78, 5) is 3.45. The van der Waals surface area contributed by atoms with Crippen molar-refractivity contribution < 1.29 is 4.57 Å². The SMILES string of the molecule is C[n+]1c2ccccc2cc2[nH]c3cc(Cl)ccc3c21. The number of hydrogen-bond acceptors (Lipinski definition) is 0. The average molecular weight is 268 g/mol. The third kappa shape index (κ3) is 1.47. The first-order valence-electron chi connectivity index (χ1n) is 6.23. The molecule has 1 N–H and O–H groups in total. The maximum absolute atomic E-state index is 6.06. The Morgan fingerprint density at radius 3 is 2.74 bits per heavy atom. The number of rotatable bonds is 0. The Kier molecular flexibility index (Phi) is 2.12. The molecule has 0 aliphatic rings. The summed E-state index contributed by atoms with van der Waals surface area (Å²) in [5.41, 5.74) is 4.66. The van der Waals surface area contributed by atoms with E-state index in [1.165, 1.54) is 21.8 Å². The summed E-state index contributed by atoms with van der Waals surface area (Å²) in [6, 6.07) is 16.6. The zero-order valence-corrected chi connectivity index (χ0v) is 11.2. The molecule has 0 fully saturated rings. The molecule has 0 amide bonds. The number of H-pyrrole nitrogens is 1. The van der Waals surface area contributed by atoms with Gasteiger partial charge < -0.3 is 4.98 Å². The van der Waals surface area contributed by atoms with Gasteiger partial charge in [0.25, 0.3) is 0 Å². The second kappa shape index (κ2) is 3.72. The summed E-state index contributed by atoms with van der Waals surface area (Å²) >= 11 is 6.06. The largest absolute Gasteiger partial charge is 0.349 e. The summed E-state index contributed by atoms with van der Waals surface area (Å²) in [7, 11) is 2.10. The topological polar surface area (TPSA) is 19.7 Å². The predicted molar refractivity (Wildman–Crippen MR) is 79.5 cm³/mol. The lowest BCUT2D eigenvalue weighted by atomic mass is 10.1. The number of nitrogens with one attached hydrogen (secondary N) is 1. The molecule has 0 unspecified atom stereocenters. The first kappa shape index (κ1) is 10.8. The molecule has 2 nitrogen and oxygen atoms in total. The molecule has 0 saturated heterocycles. The molecule has 2 heterocycles. The molecule has 0 radical (unpaired) electrons. The smallest absolute Gasteiger partial charge is 0.238 e. The van der Waals surface area contributed by atoms with Crippen LogP contribution in [-0.2, 0) is 7.05 Å². The Morgan fingerprint density at radius 1 is 1.00 bits per heavy atom. The van der Waals surface area contributed by atoms with Crippen molar-refractivity contribution in [2.45, 2.75) is 0 Å². The first-order valence-corrected chi connectivity index (χ1v) is 6.60. The molecule has 19 heavy (non-hydrogen) atoms. The molecule has 3 heteroatoms. The van der Waals surface area contributed by atoms with Crippen molar-refractivity contribution in [2.75, 3.05) is 0 Å². The number of fused-ring (bicyclic) bond motifs is 4. The van der Waals surface area contributed by atoms with Gasteiger partial charge in [-0.1, -0.05) is 23.7 Å². The Labute approximate surface area is 115 Å². The molecule has 0 aliphatic heterocycles. The summed E-state index contributed by atoms with van der Waals surface area (Å²) < 4.78 is 2.23. The number of para-hydroxylation sites is 1. The van der Waals surface area contributed by atoms with Gasteiger partial charge in [-0.3, -0.25) is 0 Å². The van der Waals surface area contributed by atoms with Gasteiger partial charge in [0.05, 0.1) is 10.9 Å². The van der Waals surface area contributed by atoms with Crippen LogP contribution in [0.25, 0.3) is 32.8 Å². The van der Waals surface area contributed by atoms with Gasteiger partial charge in [0, 0.05) is 16.5 Å². The number of aromatic amines is 1. The maximum Gasteiger partial charge on any atom is 0.238 e. The van der Waals surface area contributed by atoms with Gasteiger partial charge in [0.15, 0.2) is 0 Å². The van der Waals surface area contributed by atoms with Gasteiger partial charge in [0.2, 0.25) is 11.0 Å². The molecule has 0 bridgehead atoms. The van der Waals surface area contributed by atoms with Crippen molar-refractivity contribution in [3.8, 4) is 0 Å². The lowest BCUT2D eigenvalue weighted by molar-refractivity contribution is -0.616. The highest BCUT2D eigenvalue weighted by Crippen LogP contribution is 2.27. The van der Waals surface area contributed by atoms with Gasteiger partial charge in [-0.05, 0) is 30.3 Å². The van der Waals surface area contributed by atoms with Crippen LogP contribution in [0.3, 0.4) is 0 Å². The lowest BCUT2D eigenvalue weighted by Gasteiger charge is -1.98. The normalized spacial score (nSPS) is 11.7. The fraction of sp³-hybridized carbons (Fsp3) is 0.0625. The number of aromatic nitrogens is 2. The van der Waals surface area contributed by atoms with E-state index in [9.17, 15) is 0 Å². The van der Waals surface area contributed by atoms with Gasteiger partial charge >= 0.3 is 0 Å². The number of halogens is 1. The Balaban J connectivity index is 2.30. The average Bonchev–Trinajstić information content (AvgIpc) is 2.76. The summed E-state index contributed by atoms with van der Waals surface area (Å²) in [5.74, 6) is 0. The standard InChI is InChI=1S/C16H11ClN2/c1-19-15-5-3-2-4-10(15)8-14-16(19)12-7-6-11(17)9-13(12)18-14/h2-9H,1H3/p+1. The van der Waals surface area contributed by atoms with Gasteiger partial charge in [0.1, 0.15) is 12.6 Å². The third-order valence-electron chi connectivity index (χ3n) is 3.69. The Bertz CT molecular complexity index is 938. The molecule has 2 aromatic heterocycles. The van der Waals surface area contributed by atoms with Crippen molar-refractivity contribution in [3.05, 3.63) is 53.6 Å². The molecule has 0 spiro atoms. The van der Waals surface area contributed by atoms with Crippen LogP contribution in [0.1, 0.15) is 0 Å². The molecule has 0 saturated carbocycles. The van der Waals surface area contributed by atoms with Crippen LogP contribution >= 0.6 is 11.6 Å². The fourth-order valence-corrected chi connectivity index (χ4v) is 3.00. The monoisotopic (exact) mass is 267 g/mol. The second-order valence-corrected chi connectivity index (χ2v) is 5.28. The van der Waals surface area contributed by atoms with Crippen LogP contribution < -0.4 is 4.57 Å². The fourth-order valence-electron chi connectivity index (χ4n) is 2.83. The maximum atomic E-state index is 6.06. The zero-order chi connectivity index (χ0) is 13.0. The lowest BCUT2D eigenvalue weighted by Crippen LogP contribution is -2.29. The highest BCUT2D eigenvalue weighted by atomic mass is 35.5. The van der Waals surface area contributed by atoms with Crippen molar-refractivity contribution in [1.82, 2.24) is 4.98 Å². The summed E-state index contributed by atoms with van der Waals surface area (Å²) in [5, 5.41) is 3.19. The molecular formula is C16H12ClN2+. The number of pyridine rings is 1. The van der Waals surface area contributed by atoms with E-state index in [4.69, 9.17) is 11.6 Å². The zero-order valence-electron chi connectivity index (χ0n) is 10.4. The van der Waals surface area contributed by atoms with Crippen LogP contribution in [0.15, 0.2) is 48.5 Å². The van der Waals surface area contributed by atoms with Crippen LogP contribution in [0.4, 0.5) is 0 Å². The highest BCUT2D eigenvalue weighted by molar-refractivity contribution is 6.31. The van der Waals surface area contributed by atoms with E-state index >= 15 is 0 Å². The van der Waals surface area contributed by atoms with Crippen molar-refractivity contribution in [1.29, 1.82) is 0 Å². The highest BCUT2D eigenvalue weighted by Gasteiger charge is 2.16. The van der Waals surface area contributed by atoms with E-state index in [1.807, 2.05) is 12.1 Å². The Hall–Kier alpha value is -2.06. The van der Waals surface area contributed by atoms with E-state index in [2.05, 4.69) is 53.0 Å². The van der Waals surface area contributed by atoms with Crippen molar-refractivity contribution in [2.24, 2.45) is 7.05 Å². The number of benzene rings is 2. The summed E-state index contributed by atoms with van der Waals surface area (Å²) in [6.07, 6.45) is 0. The quantitative estimate of drug-likeness (QED) is 0.466. The van der Waals surface area contributed by atoms with Crippen LogP contribution in [0.2, 0.25) is 5.02 Å². The van der Waals surface area contributed by atoms with Gasteiger partial charge in [-0.2, -0.15) is 4.57 Å². The molecule has 92 valence electrons. The van der Waals surface area contributed by atoms with E-state index in [0.29, 0.717) is 0 Å². The molecule has 4 rings (SSSR count). The second-order valence-electron chi connectivity index (χ2n) is 4.84. The van der Waals surface area contributed by atoms with E-state index in [0.717, 1.165) is 16.1 Å². The van der Waals surface area contributed by atoms with E-state index < -0.39 is 0 Å². The minimum Gasteiger partial charge on any atom is -0.349 e. The molecular weight excluding hydrogens is 256 g/mol. The number of aryl methyl sites for hydroxylation is 1. The molecule has 0 aliphatic carbocycles. The minimum absolute atomic E-state index is 0.756. The van der Waals surface area contributed by atoms with Gasteiger partial charge in [-0.25, -0.2) is 0 Å². The number of hydrogen-bond donors (Lipinski definition) is 1. The van der Waals surface area contributed by atoms with Gasteiger partial charge in [-0.15, -0.1) is 0 Å². The van der Waals surface area contributed by atoms with E-state index in [-0.39, 0.29) is 0 Å². The third-order valence-corrected chi connectivity index (χ3v) is 3.93. The predicted octanol–water partition coefficient (Wildman–Crippen LogP) is 3.95. The molecule has 0 atom stereocenters. The minimum atomic E-state index is 0.756. The van der Waals surface area contributed by atoms with Crippen molar-refractivity contribution >= 4 is 44.4 Å². The molecule has 4 aromatic rings. The van der Waals surface area contributed by atoms with E-state index in [1.54, 1.807) is 0 Å².